The fraction of sp³-hybridized carbons (Fsp3) is 0.200. The molecule has 36 rings (SSSR count). The molecular formula is C90H38O12. The Morgan fingerprint density at radius 1 is 0.275 bits per heavy atom. The van der Waals surface area contributed by atoms with E-state index in [0.29, 0.717) is 88.0 Å². The van der Waals surface area contributed by atoms with Crippen LogP contribution in [-0.4, -0.2) is 97.8 Å². The highest BCUT2D eigenvalue weighted by atomic mass is 16.6. The molecule has 30 aromatic rings. The van der Waals surface area contributed by atoms with Crippen molar-refractivity contribution in [3.63, 3.8) is 0 Å². The fourth-order valence-electron chi connectivity index (χ4n) is 28.8. The van der Waals surface area contributed by atoms with Gasteiger partial charge in [0.2, 0.25) is 0 Å². The van der Waals surface area contributed by atoms with Gasteiger partial charge in [-0.2, -0.15) is 0 Å². The molecule has 0 amide bonds. The maximum absolute atomic E-state index is 17.9. The van der Waals surface area contributed by atoms with Gasteiger partial charge in [0, 0.05) is 0 Å². The van der Waals surface area contributed by atoms with Crippen LogP contribution < -0.4 is 18.9 Å². The second kappa shape index (κ2) is 13.1. The van der Waals surface area contributed by atoms with E-state index in [1.165, 1.54) is 302 Å². The van der Waals surface area contributed by atoms with Crippen LogP contribution in [-0.2, 0) is 55.4 Å². The Balaban J connectivity index is 0.637. The predicted molar refractivity (Wildman–Crippen MR) is 401 cm³/mol. The lowest BCUT2D eigenvalue weighted by Gasteiger charge is -2.32. The summed E-state index contributed by atoms with van der Waals surface area (Å²) in [5, 5.41) is 77.7. The summed E-state index contributed by atoms with van der Waals surface area (Å²) in [5.74, 6) is 1.31. The average molecular weight is 1310 g/mol. The molecule has 0 atom stereocenters. The minimum Gasteiger partial charge on any atom is -0.487 e. The third kappa shape index (κ3) is 3.42. The Bertz CT molecular complexity index is 8110. The van der Waals surface area contributed by atoms with Crippen LogP contribution in [0.15, 0.2) is 42.5 Å². The number of esters is 2. The largest absolute Gasteiger partial charge is 0.487 e. The lowest BCUT2D eigenvalue weighted by molar-refractivity contribution is -0.167. The Morgan fingerprint density at radius 2 is 0.490 bits per heavy atom. The van der Waals surface area contributed by atoms with Crippen molar-refractivity contribution in [2.45, 2.75) is 24.4 Å². The summed E-state index contributed by atoms with van der Waals surface area (Å²) in [4.78, 5) is 35.4. The van der Waals surface area contributed by atoms with Crippen LogP contribution in [0.4, 0.5) is 0 Å². The van der Waals surface area contributed by atoms with E-state index < -0.39 is 28.2 Å². The van der Waals surface area contributed by atoms with E-state index in [4.69, 9.17) is 47.4 Å². The molecule has 12 nitrogen and oxygen atoms in total. The van der Waals surface area contributed by atoms with E-state index in [1.807, 2.05) is 49.4 Å². The zero-order chi connectivity index (χ0) is 63.9. The number of fused-ring (bicyclic) bond motifs is 2. The zero-order valence-electron chi connectivity index (χ0n) is 53.8. The number of carbonyl (C=O) groups excluding carboxylic acids is 2. The topological polar surface area (TPSA) is 126 Å². The lowest BCUT2D eigenvalue weighted by atomic mass is 9.68. The summed E-state index contributed by atoms with van der Waals surface area (Å²) >= 11 is 0. The predicted octanol–water partition coefficient (Wildman–Crippen LogP) is 18.9. The number of carbonyl (C=O) groups is 2. The third-order valence-corrected chi connectivity index (χ3v) is 30.2. The van der Waals surface area contributed by atoms with Crippen molar-refractivity contribution >= 4 is 303 Å². The molecule has 12 heteroatoms. The van der Waals surface area contributed by atoms with E-state index in [9.17, 15) is 0 Å². The molecule has 0 unspecified atom stereocenters. The first-order valence-corrected chi connectivity index (χ1v) is 36.8. The molecule has 0 radical (unpaired) electrons. The molecule has 2 spiro atoms. The summed E-state index contributed by atoms with van der Waals surface area (Å²) in [6.07, 6.45) is 0. The van der Waals surface area contributed by atoms with Gasteiger partial charge in [-0.1, -0.05) is 18.2 Å². The molecule has 102 heavy (non-hydrogen) atoms. The van der Waals surface area contributed by atoms with Crippen LogP contribution in [0.2, 0.25) is 0 Å². The van der Waals surface area contributed by atoms with Crippen molar-refractivity contribution in [1.82, 2.24) is 0 Å². The third-order valence-electron chi connectivity index (χ3n) is 30.2. The monoisotopic (exact) mass is 1310 g/mol. The molecule has 0 bridgehead atoms. The number of ether oxygens (including phenoxy) is 10. The van der Waals surface area contributed by atoms with E-state index in [2.05, 4.69) is 0 Å². The van der Waals surface area contributed by atoms with Gasteiger partial charge in [0.05, 0.1) is 70.3 Å². The van der Waals surface area contributed by atoms with Crippen molar-refractivity contribution in [3.05, 3.63) is 70.3 Å². The molecule has 0 saturated heterocycles. The van der Waals surface area contributed by atoms with E-state index in [-0.39, 0.29) is 33.0 Å². The van der Waals surface area contributed by atoms with E-state index in [1.54, 1.807) is 10.8 Å². The van der Waals surface area contributed by atoms with Gasteiger partial charge in [-0.05, 0) is 350 Å². The quantitative estimate of drug-likeness (QED) is 0.0925. The molecule has 30 aromatic carbocycles. The minimum absolute atomic E-state index is 0.108. The van der Waals surface area contributed by atoms with Gasteiger partial charge < -0.3 is 47.4 Å². The summed E-state index contributed by atoms with van der Waals surface area (Å²) in [5.41, 5.74) is 1.21. The Kier molecular flexibility index (Phi) is 6.04. The normalized spacial score (nSPS) is 22.5. The maximum atomic E-state index is 17.9. The molecule has 1 fully saturated rings. The number of para-hydroxylation sites is 2. The highest BCUT2D eigenvalue weighted by Crippen LogP contribution is 2.97. The van der Waals surface area contributed by atoms with Crippen LogP contribution in [0.25, 0.3) is 291 Å². The first-order chi connectivity index (χ1) is 50.7. The van der Waals surface area contributed by atoms with Gasteiger partial charge in [-0.25, -0.2) is 0 Å². The molecular weight excluding hydrogens is 1270 g/mol. The molecule has 1 aliphatic heterocycles. The Labute approximate surface area is 565 Å². The summed E-state index contributed by atoms with van der Waals surface area (Å²) < 4.78 is 63.1. The number of hydrogen-bond donors (Lipinski definition) is 0. The first-order valence-electron chi connectivity index (χ1n) is 36.8. The first kappa shape index (κ1) is 47.1. The standard InChI is InChI=1S/C90H38O12/c1-2-97-86(91)90(87(92)102-22-23-7-8-26-27(21-23)101-20-16-96-12-11-94-14-18-99-25-6-4-3-5-24(25)98-17-13-93-9-10-95-15-19-100-26)88-82-74-66-56-46-38-30-28-29-32-36-34(30)42-50-44(36)54-48-40(32)41-33(29)37-35-31(28)39(38)47-53-43(35)51-45(37)55-49(41)59-58(48)68-62(54)72-64(50)70(60(66)52(42)46)78(82)80(72)84-76(68)77-69(59)63(55)73-65(51)71-61(53)67(57(47)56)75(74)83(88)79(71)81(73)85(77)89(84,88)90/h3-8,21H,2,9-20,22H2,1H3. The molecule has 6 aliphatic rings. The Morgan fingerprint density at radius 3 is 0.745 bits per heavy atom. The summed E-state index contributed by atoms with van der Waals surface area (Å²) in [6.45, 7) is 5.96. The number of hydrogen-bond acceptors (Lipinski definition) is 12. The number of rotatable bonds is 5. The molecule has 5 aliphatic carbocycles. The molecule has 1 saturated carbocycles. The van der Waals surface area contributed by atoms with Crippen molar-refractivity contribution in [3.8, 4) is 23.0 Å². The van der Waals surface area contributed by atoms with Gasteiger partial charge in [0.1, 0.15) is 33.0 Å². The van der Waals surface area contributed by atoms with Gasteiger partial charge in [-0.15, -0.1) is 0 Å². The SMILES string of the molecule is CCOC(=O)C1(C(=O)OCc2ccc3c(c2)OCCOCCOCCOc2ccccc2OCCOCCOCCO3)C23c4c5c6c7c8c9c(c%10c%11c2c2c4c4c%12c5c5c6c6c8c8c%13c9c9c%10c%10c%11c%11c2c2c4c4c%12c%12c5c5c6c8c6c8c%13c9c9c%10c%10c%11c2c2c4c4c%12c5c6c5c8c9c%10c2c45)C713. The Hall–Kier alpha value is -11.1. The fourth-order valence-corrected chi connectivity index (χ4v) is 28.8. The van der Waals surface area contributed by atoms with Gasteiger partial charge in [0.25, 0.3) is 0 Å². The summed E-state index contributed by atoms with van der Waals surface area (Å²) in [7, 11) is 0. The number of benzene rings is 20. The van der Waals surface area contributed by atoms with E-state index in [0.717, 1.165) is 0 Å². The molecule has 0 N–H and O–H groups in total. The highest BCUT2D eigenvalue weighted by Gasteiger charge is 3.01. The van der Waals surface area contributed by atoms with Crippen LogP contribution >= 0.6 is 0 Å². The zero-order valence-corrected chi connectivity index (χ0v) is 53.8. The molecule has 470 valence electrons. The smallest absolute Gasteiger partial charge is 0.326 e. The minimum atomic E-state index is -1.88. The molecule has 1 heterocycles. The van der Waals surface area contributed by atoms with Crippen molar-refractivity contribution < 1.29 is 57.0 Å². The van der Waals surface area contributed by atoms with Crippen molar-refractivity contribution in [1.29, 1.82) is 0 Å². The summed E-state index contributed by atoms with van der Waals surface area (Å²) in [6, 6.07) is 13.4. The van der Waals surface area contributed by atoms with E-state index >= 15 is 9.59 Å². The maximum Gasteiger partial charge on any atom is 0.326 e. The second-order valence-corrected chi connectivity index (χ2v) is 32.4. The van der Waals surface area contributed by atoms with Crippen LogP contribution in [0.3, 0.4) is 0 Å². The van der Waals surface area contributed by atoms with Crippen LogP contribution in [0, 0.1) is 5.41 Å². The van der Waals surface area contributed by atoms with Crippen LogP contribution in [0.5, 0.6) is 23.0 Å². The van der Waals surface area contributed by atoms with Gasteiger partial charge in [-0.3, -0.25) is 9.59 Å². The van der Waals surface area contributed by atoms with Crippen LogP contribution in [0.1, 0.15) is 34.7 Å². The lowest BCUT2D eigenvalue weighted by Crippen LogP contribution is -2.38. The second-order valence-electron chi connectivity index (χ2n) is 32.4. The van der Waals surface area contributed by atoms with Crippen molar-refractivity contribution in [2.75, 3.05) is 85.9 Å². The highest BCUT2D eigenvalue weighted by molar-refractivity contribution is 6.82. The average Bonchev–Trinajstić information content (AvgIpc) is 1.35. The van der Waals surface area contributed by atoms with Crippen molar-refractivity contribution in [2.24, 2.45) is 5.41 Å². The van der Waals surface area contributed by atoms with Gasteiger partial charge in [0.15, 0.2) is 28.4 Å². The van der Waals surface area contributed by atoms with Gasteiger partial charge >= 0.3 is 11.9 Å². The molecule has 0 aromatic heterocycles.